The smallest absolute Gasteiger partial charge is 0.409 e. The quantitative estimate of drug-likeness (QED) is 0.596. The van der Waals surface area contributed by atoms with Crippen molar-refractivity contribution in [1.82, 2.24) is 14.5 Å². The largest absolute Gasteiger partial charge is 0.481 e. The van der Waals surface area contributed by atoms with Crippen molar-refractivity contribution in [3.63, 3.8) is 0 Å². The highest BCUT2D eigenvalue weighted by molar-refractivity contribution is 5.82. The van der Waals surface area contributed by atoms with Crippen LogP contribution in [0.1, 0.15) is 80.7 Å². The lowest BCUT2D eigenvalue weighted by molar-refractivity contribution is -0.143. The Labute approximate surface area is 213 Å². The number of carboxylic acids is 1. The Kier molecular flexibility index (Phi) is 7.51. The molecule has 2 saturated carbocycles. The molecule has 36 heavy (non-hydrogen) atoms. The molecule has 5 rings (SSSR count). The van der Waals surface area contributed by atoms with Crippen LogP contribution in [-0.4, -0.2) is 58.5 Å². The Balaban J connectivity index is 1.47. The molecule has 2 heterocycles. The van der Waals surface area contributed by atoms with Crippen LogP contribution < -0.4 is 0 Å². The maximum atomic E-state index is 12.3. The van der Waals surface area contributed by atoms with Crippen molar-refractivity contribution < 1.29 is 24.2 Å². The molecule has 1 N–H and O–H groups in total. The first-order valence-corrected chi connectivity index (χ1v) is 13.6. The molecule has 8 heteroatoms. The fraction of sp³-hybridized carbons (Fsp3) is 0.679. The van der Waals surface area contributed by atoms with Crippen molar-refractivity contribution in [2.24, 2.45) is 11.8 Å². The summed E-state index contributed by atoms with van der Waals surface area (Å²) in [7, 11) is 3.23. The van der Waals surface area contributed by atoms with Crippen molar-refractivity contribution in [1.29, 1.82) is 0 Å². The fourth-order valence-electron chi connectivity index (χ4n) is 6.69. The van der Waals surface area contributed by atoms with Crippen LogP contribution in [0.15, 0.2) is 12.1 Å². The first-order valence-electron chi connectivity index (χ1n) is 13.6. The second kappa shape index (κ2) is 10.8. The molecule has 0 spiro atoms. The molecule has 1 aliphatic heterocycles. The molecule has 1 amide bonds. The second-order valence-electron chi connectivity index (χ2n) is 10.9. The fourth-order valence-corrected chi connectivity index (χ4v) is 6.69. The minimum absolute atomic E-state index is 0.146. The summed E-state index contributed by atoms with van der Waals surface area (Å²) in [4.78, 5) is 31.0. The molecule has 2 aromatic rings. The van der Waals surface area contributed by atoms with E-state index in [-0.39, 0.29) is 17.9 Å². The van der Waals surface area contributed by atoms with Crippen molar-refractivity contribution in [3.8, 4) is 0 Å². The predicted octanol–water partition coefficient (Wildman–Crippen LogP) is 5.11. The van der Waals surface area contributed by atoms with Gasteiger partial charge in [0.25, 0.3) is 0 Å². The third kappa shape index (κ3) is 4.97. The number of hydrogen-bond donors (Lipinski definition) is 1. The normalized spacial score (nSPS) is 26.6. The Bertz CT molecular complexity index is 1100. The average Bonchev–Trinajstić information content (AvgIpc) is 3.30. The molecular formula is C28H39N3O5. The number of aromatic nitrogens is 2. The van der Waals surface area contributed by atoms with Crippen LogP contribution in [0, 0.1) is 11.8 Å². The van der Waals surface area contributed by atoms with Gasteiger partial charge in [-0.3, -0.25) is 4.79 Å². The summed E-state index contributed by atoms with van der Waals surface area (Å²) in [5, 5.41) is 9.70. The van der Waals surface area contributed by atoms with Gasteiger partial charge in [0.2, 0.25) is 0 Å². The van der Waals surface area contributed by atoms with E-state index in [4.69, 9.17) is 14.5 Å². The molecule has 1 aromatic carbocycles. The summed E-state index contributed by atoms with van der Waals surface area (Å²) in [6.07, 6.45) is 9.88. The molecule has 196 valence electrons. The van der Waals surface area contributed by atoms with Crippen LogP contribution in [0.5, 0.6) is 0 Å². The SMILES string of the molecule is COC(=O)N1CCc2ccc3c(nc([C@@H]4CCC[C@@H](C(=O)O)C4)n3CC[C@H]3CC[C@@H](OC)CC3)c2C1. The van der Waals surface area contributed by atoms with Gasteiger partial charge in [0, 0.05) is 31.7 Å². The number of rotatable bonds is 6. The number of methoxy groups -OCH3 is 2. The highest BCUT2D eigenvalue weighted by atomic mass is 16.5. The number of benzene rings is 1. The highest BCUT2D eigenvalue weighted by Crippen LogP contribution is 2.39. The maximum Gasteiger partial charge on any atom is 0.409 e. The molecule has 8 nitrogen and oxygen atoms in total. The van der Waals surface area contributed by atoms with E-state index >= 15 is 0 Å². The number of carbonyl (C=O) groups excluding carboxylic acids is 1. The molecule has 2 aliphatic carbocycles. The molecule has 1 aromatic heterocycles. The number of aliphatic carboxylic acids is 1. The minimum atomic E-state index is -0.691. The van der Waals surface area contributed by atoms with Crippen LogP contribution >= 0.6 is 0 Å². The zero-order chi connectivity index (χ0) is 25.2. The molecule has 2 fully saturated rings. The lowest BCUT2D eigenvalue weighted by atomic mass is 9.81. The topological polar surface area (TPSA) is 93.9 Å². The lowest BCUT2D eigenvalue weighted by Crippen LogP contribution is -2.35. The average molecular weight is 498 g/mol. The second-order valence-corrected chi connectivity index (χ2v) is 10.9. The van der Waals surface area contributed by atoms with Gasteiger partial charge in [0.1, 0.15) is 5.82 Å². The Hall–Kier alpha value is -2.61. The number of amides is 1. The van der Waals surface area contributed by atoms with Crippen LogP contribution in [0.2, 0.25) is 0 Å². The van der Waals surface area contributed by atoms with E-state index in [0.717, 1.165) is 73.9 Å². The number of carboxylic acid groups (broad SMARTS) is 1. The number of ether oxygens (including phenoxy) is 2. The molecule has 2 atom stereocenters. The molecule has 0 bridgehead atoms. The monoisotopic (exact) mass is 497 g/mol. The number of carbonyl (C=O) groups is 2. The summed E-state index contributed by atoms with van der Waals surface area (Å²) >= 11 is 0. The Morgan fingerprint density at radius 1 is 1.11 bits per heavy atom. The van der Waals surface area contributed by atoms with Crippen molar-refractivity contribution in [2.75, 3.05) is 20.8 Å². The zero-order valence-corrected chi connectivity index (χ0v) is 21.6. The van der Waals surface area contributed by atoms with Crippen LogP contribution in [0.4, 0.5) is 4.79 Å². The van der Waals surface area contributed by atoms with Gasteiger partial charge in [0.15, 0.2) is 0 Å². The number of fused-ring (bicyclic) bond motifs is 3. The maximum absolute atomic E-state index is 12.3. The summed E-state index contributed by atoms with van der Waals surface area (Å²) in [5.74, 6) is 0.859. The van der Waals surface area contributed by atoms with Gasteiger partial charge in [-0.05, 0) is 75.3 Å². The van der Waals surface area contributed by atoms with Gasteiger partial charge < -0.3 is 24.0 Å². The van der Waals surface area contributed by atoms with Crippen molar-refractivity contribution in [3.05, 3.63) is 29.1 Å². The van der Waals surface area contributed by atoms with Gasteiger partial charge >= 0.3 is 12.1 Å². The highest BCUT2D eigenvalue weighted by Gasteiger charge is 2.33. The lowest BCUT2D eigenvalue weighted by Gasteiger charge is -2.29. The van der Waals surface area contributed by atoms with Gasteiger partial charge in [-0.1, -0.05) is 12.5 Å². The number of aryl methyl sites for hydroxylation is 1. The summed E-state index contributed by atoms with van der Waals surface area (Å²) in [6, 6.07) is 4.39. The van der Waals surface area contributed by atoms with E-state index < -0.39 is 5.97 Å². The molecule has 3 aliphatic rings. The van der Waals surface area contributed by atoms with Crippen LogP contribution in [0.3, 0.4) is 0 Å². The van der Waals surface area contributed by atoms with E-state index in [9.17, 15) is 14.7 Å². The molecule has 0 radical (unpaired) electrons. The predicted molar refractivity (Wildman–Crippen MR) is 136 cm³/mol. The summed E-state index contributed by atoms with van der Waals surface area (Å²) in [5.41, 5.74) is 4.43. The molecule has 0 saturated heterocycles. The van der Waals surface area contributed by atoms with Crippen molar-refractivity contribution in [2.45, 2.75) is 89.3 Å². The van der Waals surface area contributed by atoms with Crippen molar-refractivity contribution >= 4 is 23.1 Å². The van der Waals surface area contributed by atoms with Gasteiger partial charge in [-0.25, -0.2) is 9.78 Å². The van der Waals surface area contributed by atoms with Gasteiger partial charge in [-0.15, -0.1) is 0 Å². The zero-order valence-electron chi connectivity index (χ0n) is 21.6. The van der Waals surface area contributed by atoms with E-state index in [1.807, 2.05) is 7.11 Å². The number of imidazole rings is 1. The first kappa shape index (κ1) is 25.1. The molecular weight excluding hydrogens is 458 g/mol. The van der Waals surface area contributed by atoms with Crippen LogP contribution in [-0.2, 0) is 33.8 Å². The number of nitrogens with zero attached hydrogens (tertiary/aromatic N) is 3. The van der Waals surface area contributed by atoms with Crippen LogP contribution in [0.25, 0.3) is 11.0 Å². The minimum Gasteiger partial charge on any atom is -0.481 e. The van der Waals surface area contributed by atoms with E-state index in [1.165, 1.54) is 25.5 Å². The molecule has 0 unspecified atom stereocenters. The number of hydrogen-bond acceptors (Lipinski definition) is 5. The third-order valence-corrected chi connectivity index (χ3v) is 8.86. The van der Waals surface area contributed by atoms with E-state index in [0.29, 0.717) is 31.5 Å². The van der Waals surface area contributed by atoms with Gasteiger partial charge in [0.05, 0.1) is 36.7 Å². The third-order valence-electron chi connectivity index (χ3n) is 8.86. The Morgan fingerprint density at radius 3 is 2.64 bits per heavy atom. The van der Waals surface area contributed by atoms with E-state index in [2.05, 4.69) is 16.7 Å². The summed E-state index contributed by atoms with van der Waals surface area (Å²) < 4.78 is 12.9. The summed E-state index contributed by atoms with van der Waals surface area (Å²) in [6.45, 7) is 2.03. The standard InChI is InChI=1S/C28H39N3O5/c1-35-22-9-6-18(7-10-22)12-15-31-24-11-8-19-13-14-30(28(34)36-2)17-23(19)25(24)29-26(31)20-4-3-5-21(16-20)27(32)33/h8,11,18,20-22H,3-7,9-10,12-17H2,1-2H3,(H,32,33)/t18-,20-,21-,22+/m1/s1. The Morgan fingerprint density at radius 2 is 1.92 bits per heavy atom. The van der Waals surface area contributed by atoms with Gasteiger partial charge in [-0.2, -0.15) is 0 Å². The first-order chi connectivity index (χ1) is 17.5. The van der Waals surface area contributed by atoms with E-state index in [1.54, 1.807) is 4.90 Å².